The van der Waals surface area contributed by atoms with E-state index >= 15 is 0 Å². The highest BCUT2D eigenvalue weighted by Crippen LogP contribution is 2.19. The summed E-state index contributed by atoms with van der Waals surface area (Å²) >= 11 is 0. The third-order valence-electron chi connectivity index (χ3n) is 2.06. The van der Waals surface area contributed by atoms with E-state index in [0.717, 1.165) is 0 Å². The van der Waals surface area contributed by atoms with Gasteiger partial charge in [-0.3, -0.25) is 4.79 Å². The van der Waals surface area contributed by atoms with Crippen molar-refractivity contribution in [1.82, 2.24) is 9.97 Å². The zero-order valence-electron chi connectivity index (χ0n) is 8.79. The zero-order valence-corrected chi connectivity index (χ0v) is 8.79. The Kier molecular flexibility index (Phi) is 2.87. The first kappa shape index (κ1) is 10.9. The van der Waals surface area contributed by atoms with Gasteiger partial charge in [0.15, 0.2) is 11.5 Å². The number of aromatic nitrogens is 2. The molecule has 6 nitrogen and oxygen atoms in total. The molecule has 0 aliphatic heterocycles. The van der Waals surface area contributed by atoms with Crippen molar-refractivity contribution < 1.29 is 9.90 Å². The second kappa shape index (κ2) is 4.48. The molecular weight excluding hydrogens is 220 g/mol. The molecule has 6 heteroatoms. The summed E-state index contributed by atoms with van der Waals surface area (Å²) in [6.07, 6.45) is 2.84. The number of nitrogens with one attached hydrogen (secondary N) is 1. The summed E-state index contributed by atoms with van der Waals surface area (Å²) in [5.41, 5.74) is 5.91. The quantitative estimate of drug-likeness (QED) is 0.683. The van der Waals surface area contributed by atoms with Gasteiger partial charge in [0.1, 0.15) is 5.75 Å². The van der Waals surface area contributed by atoms with Crippen molar-refractivity contribution in [3.63, 3.8) is 0 Å². The lowest BCUT2D eigenvalue weighted by molar-refractivity contribution is 0.0996. The van der Waals surface area contributed by atoms with Gasteiger partial charge in [0.05, 0.1) is 0 Å². The number of aromatic hydroxyl groups is 1. The third-order valence-corrected chi connectivity index (χ3v) is 2.06. The number of anilines is 2. The Morgan fingerprint density at radius 2 is 1.82 bits per heavy atom. The van der Waals surface area contributed by atoms with Gasteiger partial charge in [0.2, 0.25) is 0 Å². The molecule has 0 saturated carbocycles. The number of benzene rings is 1. The first-order valence-electron chi connectivity index (χ1n) is 4.83. The van der Waals surface area contributed by atoms with Crippen LogP contribution in [0, 0.1) is 0 Å². The van der Waals surface area contributed by atoms with Crippen molar-refractivity contribution in [3.8, 4) is 5.75 Å². The SMILES string of the molecule is NC(=O)c1nccnc1Nc1ccc(O)cc1. The second-order valence-corrected chi connectivity index (χ2v) is 3.29. The van der Waals surface area contributed by atoms with E-state index in [1.54, 1.807) is 12.1 Å². The number of carbonyl (C=O) groups is 1. The molecule has 17 heavy (non-hydrogen) atoms. The number of phenols is 1. The molecule has 0 saturated heterocycles. The average Bonchev–Trinajstić information content (AvgIpc) is 2.32. The number of primary amides is 1. The molecule has 0 fully saturated rings. The Bertz CT molecular complexity index is 539. The summed E-state index contributed by atoms with van der Waals surface area (Å²) in [4.78, 5) is 18.9. The molecule has 1 amide bonds. The van der Waals surface area contributed by atoms with Crippen LogP contribution in [0.4, 0.5) is 11.5 Å². The fourth-order valence-electron chi connectivity index (χ4n) is 1.29. The highest BCUT2D eigenvalue weighted by molar-refractivity contribution is 5.96. The maximum Gasteiger partial charge on any atom is 0.271 e. The van der Waals surface area contributed by atoms with E-state index in [1.807, 2.05) is 0 Å². The molecule has 0 radical (unpaired) electrons. The summed E-state index contributed by atoms with van der Waals surface area (Å²) in [7, 11) is 0. The van der Waals surface area contributed by atoms with Crippen LogP contribution in [0.5, 0.6) is 5.75 Å². The van der Waals surface area contributed by atoms with Crippen LogP contribution >= 0.6 is 0 Å². The largest absolute Gasteiger partial charge is 0.508 e. The summed E-state index contributed by atoms with van der Waals surface area (Å²) in [6.45, 7) is 0. The molecule has 86 valence electrons. The third kappa shape index (κ3) is 2.49. The Morgan fingerprint density at radius 1 is 1.18 bits per heavy atom. The van der Waals surface area contributed by atoms with Crippen LogP contribution in [-0.4, -0.2) is 21.0 Å². The van der Waals surface area contributed by atoms with Gasteiger partial charge in [-0.1, -0.05) is 0 Å². The minimum Gasteiger partial charge on any atom is -0.508 e. The normalized spacial score (nSPS) is 9.88. The van der Waals surface area contributed by atoms with Crippen LogP contribution in [0.25, 0.3) is 0 Å². The number of carbonyl (C=O) groups excluding carboxylic acids is 1. The number of rotatable bonds is 3. The Balaban J connectivity index is 2.30. The average molecular weight is 230 g/mol. The van der Waals surface area contributed by atoms with E-state index in [0.29, 0.717) is 5.69 Å². The number of amides is 1. The lowest BCUT2D eigenvalue weighted by Gasteiger charge is -2.07. The van der Waals surface area contributed by atoms with Crippen molar-refractivity contribution in [2.24, 2.45) is 5.73 Å². The zero-order chi connectivity index (χ0) is 12.3. The number of hydrogen-bond acceptors (Lipinski definition) is 5. The molecule has 2 aromatic rings. The van der Waals surface area contributed by atoms with E-state index in [-0.39, 0.29) is 17.3 Å². The molecule has 1 heterocycles. The Morgan fingerprint density at radius 3 is 2.47 bits per heavy atom. The molecule has 0 aliphatic carbocycles. The molecule has 0 spiro atoms. The Labute approximate surface area is 97.1 Å². The minimum atomic E-state index is -0.653. The lowest BCUT2D eigenvalue weighted by Crippen LogP contribution is -2.16. The van der Waals surface area contributed by atoms with E-state index in [2.05, 4.69) is 15.3 Å². The predicted molar refractivity (Wildman–Crippen MR) is 61.9 cm³/mol. The maximum atomic E-state index is 11.1. The van der Waals surface area contributed by atoms with Gasteiger partial charge in [-0.2, -0.15) is 0 Å². The molecule has 0 aliphatic rings. The monoisotopic (exact) mass is 230 g/mol. The van der Waals surface area contributed by atoms with Gasteiger partial charge in [-0.25, -0.2) is 9.97 Å². The molecule has 0 atom stereocenters. The van der Waals surface area contributed by atoms with Gasteiger partial charge in [0.25, 0.3) is 5.91 Å². The highest BCUT2D eigenvalue weighted by atomic mass is 16.3. The molecule has 0 bridgehead atoms. The van der Waals surface area contributed by atoms with Crippen LogP contribution < -0.4 is 11.1 Å². The standard InChI is InChI=1S/C11H10N4O2/c12-10(17)9-11(14-6-5-13-9)15-7-1-3-8(16)4-2-7/h1-6,16H,(H2,12,17)(H,14,15). The van der Waals surface area contributed by atoms with Crippen LogP contribution in [0.3, 0.4) is 0 Å². The van der Waals surface area contributed by atoms with Gasteiger partial charge >= 0.3 is 0 Å². The van der Waals surface area contributed by atoms with Gasteiger partial charge in [-0.05, 0) is 24.3 Å². The summed E-state index contributed by atoms with van der Waals surface area (Å²) in [5.74, 6) is -0.213. The number of nitrogens with two attached hydrogens (primary N) is 1. The van der Waals surface area contributed by atoms with Crippen LogP contribution in [0.1, 0.15) is 10.5 Å². The fraction of sp³-hybridized carbons (Fsp3) is 0. The smallest absolute Gasteiger partial charge is 0.271 e. The molecule has 4 N–H and O–H groups in total. The van der Waals surface area contributed by atoms with E-state index in [1.165, 1.54) is 24.5 Å². The number of phenolic OH excluding ortho intramolecular Hbond substituents is 1. The van der Waals surface area contributed by atoms with Crippen molar-refractivity contribution in [1.29, 1.82) is 0 Å². The number of hydrogen-bond donors (Lipinski definition) is 3. The summed E-state index contributed by atoms with van der Waals surface area (Å²) in [5, 5.41) is 12.0. The minimum absolute atomic E-state index is 0.0700. The molecular formula is C11H10N4O2. The van der Waals surface area contributed by atoms with Crippen molar-refractivity contribution in [3.05, 3.63) is 42.4 Å². The van der Waals surface area contributed by atoms with Crippen molar-refractivity contribution >= 4 is 17.4 Å². The van der Waals surface area contributed by atoms with E-state index < -0.39 is 5.91 Å². The van der Waals surface area contributed by atoms with Gasteiger partial charge < -0.3 is 16.2 Å². The van der Waals surface area contributed by atoms with Gasteiger partial charge in [-0.15, -0.1) is 0 Å². The first-order valence-corrected chi connectivity index (χ1v) is 4.83. The first-order chi connectivity index (χ1) is 8.16. The second-order valence-electron chi connectivity index (χ2n) is 3.29. The van der Waals surface area contributed by atoms with Crippen LogP contribution in [0.2, 0.25) is 0 Å². The summed E-state index contributed by atoms with van der Waals surface area (Å²) < 4.78 is 0. The predicted octanol–water partition coefficient (Wildman–Crippen LogP) is 1.02. The van der Waals surface area contributed by atoms with Crippen LogP contribution in [-0.2, 0) is 0 Å². The fourth-order valence-corrected chi connectivity index (χ4v) is 1.29. The van der Waals surface area contributed by atoms with Crippen LogP contribution in [0.15, 0.2) is 36.7 Å². The van der Waals surface area contributed by atoms with Gasteiger partial charge in [0, 0.05) is 18.1 Å². The topological polar surface area (TPSA) is 101 Å². The highest BCUT2D eigenvalue weighted by Gasteiger charge is 2.10. The lowest BCUT2D eigenvalue weighted by atomic mass is 10.3. The summed E-state index contributed by atoms with van der Waals surface area (Å²) in [6, 6.07) is 6.33. The van der Waals surface area contributed by atoms with Crippen molar-refractivity contribution in [2.75, 3.05) is 5.32 Å². The molecule has 2 rings (SSSR count). The maximum absolute atomic E-state index is 11.1. The Hall–Kier alpha value is -2.63. The molecule has 1 aromatic heterocycles. The molecule has 1 aromatic carbocycles. The van der Waals surface area contributed by atoms with E-state index in [9.17, 15) is 4.79 Å². The van der Waals surface area contributed by atoms with Crippen molar-refractivity contribution in [2.45, 2.75) is 0 Å². The molecule has 0 unspecified atom stereocenters. The number of nitrogens with zero attached hydrogens (tertiary/aromatic N) is 2. The van der Waals surface area contributed by atoms with E-state index in [4.69, 9.17) is 10.8 Å².